The van der Waals surface area contributed by atoms with Gasteiger partial charge in [0.2, 0.25) is 0 Å². The molecule has 12 heavy (non-hydrogen) atoms. The van der Waals surface area contributed by atoms with Gasteiger partial charge in [-0.2, -0.15) is 0 Å². The van der Waals surface area contributed by atoms with Gasteiger partial charge in [-0.15, -0.1) is 0 Å². The summed E-state index contributed by atoms with van der Waals surface area (Å²) in [7, 11) is 0. The number of pyridine rings is 1. The Morgan fingerprint density at radius 1 is 1.42 bits per heavy atom. The van der Waals surface area contributed by atoms with Crippen molar-refractivity contribution in [3.8, 4) is 0 Å². The Labute approximate surface area is 68.4 Å². The topological polar surface area (TPSA) is 64.9 Å². The Balaban J connectivity index is 3.12. The largest absolute Gasteiger partial charge is 0.384 e. The summed E-state index contributed by atoms with van der Waals surface area (Å²) in [5, 5.41) is 0. The highest BCUT2D eigenvalue weighted by molar-refractivity contribution is 5.34. The number of nitrogens with two attached hydrogens (primary N) is 2. The van der Waals surface area contributed by atoms with Crippen LogP contribution in [-0.4, -0.2) is 4.98 Å². The molecule has 5 heteroatoms. The molecule has 1 aromatic heterocycles. The quantitative estimate of drug-likeness (QED) is 0.702. The van der Waals surface area contributed by atoms with Gasteiger partial charge in [-0.1, -0.05) is 6.07 Å². The minimum Gasteiger partial charge on any atom is -0.384 e. The molecule has 0 spiro atoms. The normalized spacial score (nSPS) is 10.7. The lowest BCUT2D eigenvalue weighted by Crippen LogP contribution is -2.05. The first-order valence-corrected chi connectivity index (χ1v) is 3.38. The molecule has 0 aliphatic carbocycles. The highest BCUT2D eigenvalue weighted by atomic mass is 19.3. The molecular weight excluding hydrogens is 164 g/mol. The van der Waals surface area contributed by atoms with Crippen LogP contribution in [0.5, 0.6) is 0 Å². The van der Waals surface area contributed by atoms with E-state index in [0.29, 0.717) is 5.56 Å². The summed E-state index contributed by atoms with van der Waals surface area (Å²) in [6, 6.07) is 2.91. The van der Waals surface area contributed by atoms with Crippen LogP contribution in [0.25, 0.3) is 0 Å². The molecule has 0 amide bonds. The maximum atomic E-state index is 12.2. The van der Waals surface area contributed by atoms with Gasteiger partial charge in [0, 0.05) is 6.54 Å². The van der Waals surface area contributed by atoms with Gasteiger partial charge in [0.05, 0.1) is 0 Å². The molecule has 0 aliphatic rings. The van der Waals surface area contributed by atoms with Crippen molar-refractivity contribution in [1.29, 1.82) is 0 Å². The molecule has 0 aliphatic heterocycles. The fourth-order valence-electron chi connectivity index (χ4n) is 0.881. The predicted molar refractivity (Wildman–Crippen MR) is 41.5 cm³/mol. The molecule has 0 unspecified atom stereocenters. The Morgan fingerprint density at radius 3 is 2.58 bits per heavy atom. The average Bonchev–Trinajstić information content (AvgIpc) is 2.04. The second kappa shape index (κ2) is 3.44. The number of anilines is 1. The van der Waals surface area contributed by atoms with Gasteiger partial charge >= 0.3 is 0 Å². The summed E-state index contributed by atoms with van der Waals surface area (Å²) in [4.78, 5) is 3.49. The van der Waals surface area contributed by atoms with Crippen LogP contribution >= 0.6 is 0 Å². The van der Waals surface area contributed by atoms with E-state index in [0.717, 1.165) is 0 Å². The van der Waals surface area contributed by atoms with Crippen LogP contribution < -0.4 is 11.5 Å². The minimum atomic E-state index is -2.62. The summed E-state index contributed by atoms with van der Waals surface area (Å²) >= 11 is 0. The molecule has 1 heterocycles. The molecule has 4 N–H and O–H groups in total. The van der Waals surface area contributed by atoms with Crippen molar-refractivity contribution in [1.82, 2.24) is 4.98 Å². The second-order valence-electron chi connectivity index (χ2n) is 2.29. The molecule has 0 saturated carbocycles. The third-order valence-electron chi connectivity index (χ3n) is 1.46. The molecule has 0 bridgehead atoms. The van der Waals surface area contributed by atoms with Gasteiger partial charge < -0.3 is 11.5 Å². The van der Waals surface area contributed by atoms with Crippen molar-refractivity contribution < 1.29 is 8.78 Å². The first kappa shape index (κ1) is 8.86. The molecule has 66 valence electrons. The van der Waals surface area contributed by atoms with Crippen molar-refractivity contribution in [3.05, 3.63) is 23.4 Å². The van der Waals surface area contributed by atoms with Gasteiger partial charge in [0.25, 0.3) is 6.43 Å². The van der Waals surface area contributed by atoms with Crippen LogP contribution in [0.15, 0.2) is 12.1 Å². The van der Waals surface area contributed by atoms with E-state index < -0.39 is 6.43 Å². The number of nitrogens with zero attached hydrogens (tertiary/aromatic N) is 1. The van der Waals surface area contributed by atoms with E-state index in [1.54, 1.807) is 0 Å². The van der Waals surface area contributed by atoms with Crippen LogP contribution in [0.1, 0.15) is 17.7 Å². The Bertz CT molecular complexity index is 275. The predicted octanol–water partition coefficient (Wildman–Crippen LogP) is 1.06. The van der Waals surface area contributed by atoms with E-state index in [1.807, 2.05) is 0 Å². The maximum absolute atomic E-state index is 12.2. The average molecular weight is 173 g/mol. The van der Waals surface area contributed by atoms with E-state index in [9.17, 15) is 8.78 Å². The fourth-order valence-corrected chi connectivity index (χ4v) is 0.881. The van der Waals surface area contributed by atoms with Crippen LogP contribution in [-0.2, 0) is 6.54 Å². The lowest BCUT2D eigenvalue weighted by atomic mass is 10.2. The number of hydrogen-bond donors (Lipinski definition) is 2. The van der Waals surface area contributed by atoms with Gasteiger partial charge in [-0.3, -0.25) is 0 Å². The van der Waals surface area contributed by atoms with Crippen LogP contribution in [0.3, 0.4) is 0 Å². The maximum Gasteiger partial charge on any atom is 0.280 e. The van der Waals surface area contributed by atoms with Crippen molar-refractivity contribution in [3.63, 3.8) is 0 Å². The highest BCUT2D eigenvalue weighted by Gasteiger charge is 2.13. The number of rotatable bonds is 2. The van der Waals surface area contributed by atoms with Gasteiger partial charge in [0.15, 0.2) is 0 Å². The summed E-state index contributed by atoms with van der Waals surface area (Å²) < 4.78 is 24.4. The van der Waals surface area contributed by atoms with Crippen molar-refractivity contribution in [2.45, 2.75) is 13.0 Å². The molecule has 3 nitrogen and oxygen atoms in total. The third kappa shape index (κ3) is 1.68. The van der Waals surface area contributed by atoms with Crippen LogP contribution in [0.4, 0.5) is 14.6 Å². The fraction of sp³-hybridized carbons (Fsp3) is 0.286. The van der Waals surface area contributed by atoms with Crippen LogP contribution in [0, 0.1) is 0 Å². The number of nitrogen functional groups attached to an aromatic ring is 1. The number of alkyl halides is 2. The molecule has 0 fully saturated rings. The summed E-state index contributed by atoms with van der Waals surface area (Å²) in [5.41, 5.74) is 10.5. The van der Waals surface area contributed by atoms with Gasteiger partial charge in [-0.05, 0) is 11.6 Å². The highest BCUT2D eigenvalue weighted by Crippen LogP contribution is 2.21. The molecule has 0 radical (unpaired) electrons. The molecule has 0 aromatic carbocycles. The Morgan fingerprint density at radius 2 is 2.08 bits per heavy atom. The number of halogens is 2. The Kier molecular flexibility index (Phi) is 2.54. The molecule has 0 atom stereocenters. The molecule has 1 aromatic rings. The smallest absolute Gasteiger partial charge is 0.280 e. The summed E-state index contributed by atoms with van der Waals surface area (Å²) in [6.07, 6.45) is -2.62. The molecule has 1 rings (SSSR count). The summed E-state index contributed by atoms with van der Waals surface area (Å²) in [5.74, 6) is 0.0856. The van der Waals surface area contributed by atoms with E-state index in [4.69, 9.17) is 11.5 Å². The van der Waals surface area contributed by atoms with E-state index >= 15 is 0 Å². The number of aromatic nitrogens is 1. The lowest BCUT2D eigenvalue weighted by Gasteiger charge is -2.05. The zero-order valence-electron chi connectivity index (χ0n) is 6.30. The van der Waals surface area contributed by atoms with Crippen LogP contribution in [0.2, 0.25) is 0 Å². The zero-order valence-corrected chi connectivity index (χ0v) is 6.30. The lowest BCUT2D eigenvalue weighted by molar-refractivity contribution is 0.145. The standard InChI is InChI=1S/C7H9F2N3/c8-7(9)6-4(3-10)1-2-5(11)12-6/h1-2,7H,3,10H2,(H2,11,12). The zero-order chi connectivity index (χ0) is 9.14. The molecular formula is C7H9F2N3. The molecule has 0 saturated heterocycles. The van der Waals surface area contributed by atoms with E-state index in [1.165, 1.54) is 12.1 Å². The Hall–Kier alpha value is -1.23. The SMILES string of the molecule is NCc1ccc(N)nc1C(F)F. The number of hydrogen-bond acceptors (Lipinski definition) is 3. The van der Waals surface area contributed by atoms with E-state index in [2.05, 4.69) is 4.98 Å². The summed E-state index contributed by atoms with van der Waals surface area (Å²) in [6.45, 7) is 0.0486. The third-order valence-corrected chi connectivity index (χ3v) is 1.46. The second-order valence-corrected chi connectivity index (χ2v) is 2.29. The van der Waals surface area contributed by atoms with Gasteiger partial charge in [0.1, 0.15) is 11.5 Å². The monoisotopic (exact) mass is 173 g/mol. The van der Waals surface area contributed by atoms with Crippen molar-refractivity contribution >= 4 is 5.82 Å². The van der Waals surface area contributed by atoms with E-state index in [-0.39, 0.29) is 18.1 Å². The van der Waals surface area contributed by atoms with Gasteiger partial charge in [-0.25, -0.2) is 13.8 Å². The first-order valence-electron chi connectivity index (χ1n) is 3.38. The minimum absolute atomic E-state index is 0.0486. The van der Waals surface area contributed by atoms with Crippen molar-refractivity contribution in [2.24, 2.45) is 5.73 Å². The van der Waals surface area contributed by atoms with Crippen molar-refractivity contribution in [2.75, 3.05) is 5.73 Å². The first-order chi connectivity index (χ1) is 5.65.